The lowest BCUT2D eigenvalue weighted by atomic mass is 10.1. The summed E-state index contributed by atoms with van der Waals surface area (Å²) in [6.07, 6.45) is 1.18. The number of ether oxygens (including phenoxy) is 1. The van der Waals surface area contributed by atoms with Gasteiger partial charge in [0.25, 0.3) is 5.91 Å². The van der Waals surface area contributed by atoms with Gasteiger partial charge in [0.15, 0.2) is 0 Å². The standard InChI is InChI=1S/C24H26F2N2O3/c1-24(2,3)31-23(30)27-21(13-15-11-18(25)14-19(26)12-15)22(29)28(4)20-9-7-17(8-10-20)16-5-6-16/h7-12,14,16H,5-6,13H2,1-4H3. The maximum Gasteiger partial charge on any atom is 0.434 e. The highest BCUT2D eigenvalue weighted by Crippen LogP contribution is 2.40. The number of carbonyl (C=O) groups excluding carboxylic acids is 2. The Bertz CT molecular complexity index is 986. The molecule has 164 valence electrons. The number of halogens is 2. The average molecular weight is 428 g/mol. The van der Waals surface area contributed by atoms with Crippen molar-refractivity contribution in [3.63, 3.8) is 0 Å². The summed E-state index contributed by atoms with van der Waals surface area (Å²) in [6, 6.07) is 10.6. The van der Waals surface area contributed by atoms with Gasteiger partial charge in [0.2, 0.25) is 0 Å². The zero-order chi connectivity index (χ0) is 22.8. The van der Waals surface area contributed by atoms with Gasteiger partial charge in [-0.3, -0.25) is 4.79 Å². The van der Waals surface area contributed by atoms with E-state index in [1.807, 2.05) is 24.3 Å². The third-order valence-corrected chi connectivity index (χ3v) is 4.79. The number of carbonyl (C=O) groups is 2. The highest BCUT2D eigenvalue weighted by atomic mass is 19.1. The average Bonchev–Trinajstić information content (AvgIpc) is 3.49. The van der Waals surface area contributed by atoms with Gasteiger partial charge < -0.3 is 9.64 Å². The number of nitrogens with zero attached hydrogens (tertiary/aromatic N) is 2. The molecule has 0 heterocycles. The molecule has 0 unspecified atom stereocenters. The number of rotatable bonds is 5. The minimum atomic E-state index is -0.940. The SMILES string of the molecule is CN(C(=O)C(Cc1cc(F)cc(F)c1)=NC(=O)OC(C)(C)C)c1ccc(C2CC2)cc1. The van der Waals surface area contributed by atoms with Crippen LogP contribution in [0, 0.1) is 11.6 Å². The monoisotopic (exact) mass is 428 g/mol. The first-order valence-corrected chi connectivity index (χ1v) is 10.2. The topological polar surface area (TPSA) is 59.0 Å². The fraction of sp³-hybridized carbons (Fsp3) is 0.375. The predicted octanol–water partition coefficient (Wildman–Crippen LogP) is 5.42. The van der Waals surface area contributed by atoms with E-state index in [2.05, 4.69) is 4.99 Å². The van der Waals surface area contributed by atoms with E-state index in [-0.39, 0.29) is 17.7 Å². The predicted molar refractivity (Wildman–Crippen MR) is 116 cm³/mol. The molecule has 1 saturated carbocycles. The van der Waals surface area contributed by atoms with Crippen LogP contribution in [-0.4, -0.2) is 30.4 Å². The zero-order valence-corrected chi connectivity index (χ0v) is 18.1. The molecule has 1 fully saturated rings. The van der Waals surface area contributed by atoms with Crippen LogP contribution in [0.15, 0.2) is 47.5 Å². The number of benzene rings is 2. The first-order valence-electron chi connectivity index (χ1n) is 10.2. The smallest absolute Gasteiger partial charge is 0.434 e. The molecule has 2 aromatic carbocycles. The third kappa shape index (κ3) is 6.44. The summed E-state index contributed by atoms with van der Waals surface area (Å²) in [5.74, 6) is -1.52. The molecular formula is C24H26F2N2O3. The molecular weight excluding hydrogens is 402 g/mol. The van der Waals surface area contributed by atoms with Crippen LogP contribution in [0.5, 0.6) is 0 Å². The molecule has 0 saturated heterocycles. The highest BCUT2D eigenvalue weighted by molar-refractivity contribution is 6.45. The van der Waals surface area contributed by atoms with Crippen molar-refractivity contribution in [3.05, 3.63) is 65.2 Å². The lowest BCUT2D eigenvalue weighted by Crippen LogP contribution is -2.35. The van der Waals surface area contributed by atoms with Crippen LogP contribution >= 0.6 is 0 Å². The minimum Gasteiger partial charge on any atom is -0.442 e. The van der Waals surface area contributed by atoms with Gasteiger partial charge in [0, 0.05) is 25.2 Å². The van der Waals surface area contributed by atoms with E-state index in [0.717, 1.165) is 18.2 Å². The van der Waals surface area contributed by atoms with Crippen LogP contribution in [0.4, 0.5) is 19.3 Å². The van der Waals surface area contributed by atoms with Gasteiger partial charge in [-0.05, 0) is 74.9 Å². The maximum atomic E-state index is 13.6. The van der Waals surface area contributed by atoms with Crippen LogP contribution < -0.4 is 4.90 Å². The minimum absolute atomic E-state index is 0.173. The second kappa shape index (κ2) is 8.96. The van der Waals surface area contributed by atoms with Crippen LogP contribution in [0.3, 0.4) is 0 Å². The van der Waals surface area contributed by atoms with Crippen molar-refractivity contribution in [2.75, 3.05) is 11.9 Å². The molecule has 2 amide bonds. The van der Waals surface area contributed by atoms with Gasteiger partial charge in [-0.15, -0.1) is 0 Å². The molecule has 5 nitrogen and oxygen atoms in total. The maximum absolute atomic E-state index is 13.6. The molecule has 0 N–H and O–H groups in total. The van der Waals surface area contributed by atoms with E-state index in [1.54, 1.807) is 27.8 Å². The molecule has 31 heavy (non-hydrogen) atoms. The zero-order valence-electron chi connectivity index (χ0n) is 18.1. The first-order chi connectivity index (χ1) is 14.5. The summed E-state index contributed by atoms with van der Waals surface area (Å²) in [6.45, 7) is 5.03. The Morgan fingerprint density at radius 1 is 1.06 bits per heavy atom. The van der Waals surface area contributed by atoms with Crippen molar-refractivity contribution in [3.8, 4) is 0 Å². The van der Waals surface area contributed by atoms with Crippen LogP contribution in [-0.2, 0) is 16.0 Å². The van der Waals surface area contributed by atoms with E-state index >= 15 is 0 Å². The van der Waals surface area contributed by atoms with Crippen molar-refractivity contribution in [1.82, 2.24) is 0 Å². The summed E-state index contributed by atoms with van der Waals surface area (Å²) < 4.78 is 32.5. The fourth-order valence-electron chi connectivity index (χ4n) is 3.16. The Morgan fingerprint density at radius 3 is 2.16 bits per heavy atom. The van der Waals surface area contributed by atoms with Gasteiger partial charge in [0.1, 0.15) is 22.9 Å². The molecule has 0 bridgehead atoms. The molecule has 7 heteroatoms. The second-order valence-corrected chi connectivity index (χ2v) is 8.72. The fourth-order valence-corrected chi connectivity index (χ4v) is 3.16. The molecule has 3 rings (SSSR count). The summed E-state index contributed by atoms with van der Waals surface area (Å²) in [4.78, 5) is 30.6. The van der Waals surface area contributed by atoms with Crippen molar-refractivity contribution >= 4 is 23.4 Å². The number of amides is 2. The van der Waals surface area contributed by atoms with Crippen LogP contribution in [0.1, 0.15) is 50.7 Å². The molecule has 0 atom stereocenters. The largest absolute Gasteiger partial charge is 0.442 e. The number of aliphatic imine (C=N–C) groups is 1. The normalized spacial score (nSPS) is 14.3. The molecule has 1 aliphatic rings. The van der Waals surface area contributed by atoms with E-state index in [0.29, 0.717) is 11.6 Å². The van der Waals surface area contributed by atoms with E-state index in [1.165, 1.54) is 23.3 Å². The third-order valence-electron chi connectivity index (χ3n) is 4.79. The molecule has 2 aromatic rings. The van der Waals surface area contributed by atoms with Gasteiger partial charge >= 0.3 is 6.09 Å². The Hall–Kier alpha value is -3.09. The Morgan fingerprint density at radius 2 is 1.65 bits per heavy atom. The van der Waals surface area contributed by atoms with Gasteiger partial charge in [-0.2, -0.15) is 4.99 Å². The summed E-state index contributed by atoms with van der Waals surface area (Å²) in [5.41, 5.74) is 1.06. The molecule has 1 aliphatic carbocycles. The summed E-state index contributed by atoms with van der Waals surface area (Å²) in [5, 5.41) is 0. The Labute approximate surface area is 180 Å². The number of hydrogen-bond donors (Lipinski definition) is 0. The van der Waals surface area contributed by atoms with Crippen molar-refractivity contribution in [2.24, 2.45) is 4.99 Å². The molecule has 0 radical (unpaired) electrons. The van der Waals surface area contributed by atoms with Gasteiger partial charge in [-0.25, -0.2) is 13.6 Å². The van der Waals surface area contributed by atoms with Crippen molar-refractivity contribution in [1.29, 1.82) is 0 Å². The second-order valence-electron chi connectivity index (χ2n) is 8.72. The van der Waals surface area contributed by atoms with Gasteiger partial charge in [0.05, 0.1) is 0 Å². The molecule has 0 aliphatic heterocycles. The van der Waals surface area contributed by atoms with E-state index in [9.17, 15) is 18.4 Å². The highest BCUT2D eigenvalue weighted by Gasteiger charge is 2.25. The lowest BCUT2D eigenvalue weighted by Gasteiger charge is -2.20. The van der Waals surface area contributed by atoms with Crippen molar-refractivity contribution < 1.29 is 23.1 Å². The molecule has 0 spiro atoms. The Balaban J connectivity index is 1.87. The summed E-state index contributed by atoms with van der Waals surface area (Å²) in [7, 11) is 1.56. The van der Waals surface area contributed by atoms with Gasteiger partial charge in [-0.1, -0.05) is 12.1 Å². The Kier molecular flexibility index (Phi) is 6.53. The van der Waals surface area contributed by atoms with Crippen LogP contribution in [0.2, 0.25) is 0 Å². The number of hydrogen-bond acceptors (Lipinski definition) is 3. The summed E-state index contributed by atoms with van der Waals surface area (Å²) >= 11 is 0. The van der Waals surface area contributed by atoms with Crippen LogP contribution in [0.25, 0.3) is 0 Å². The van der Waals surface area contributed by atoms with E-state index in [4.69, 9.17) is 4.74 Å². The number of anilines is 1. The molecule has 0 aromatic heterocycles. The quantitative estimate of drug-likeness (QED) is 0.597. The van der Waals surface area contributed by atoms with Crippen molar-refractivity contribution in [2.45, 2.75) is 51.6 Å². The van der Waals surface area contributed by atoms with E-state index < -0.39 is 29.2 Å². The lowest BCUT2D eigenvalue weighted by molar-refractivity contribution is -0.112. The first kappa shape index (κ1) is 22.6.